The second-order valence-electron chi connectivity index (χ2n) is 13.8. The molecule has 8 nitrogen and oxygen atoms in total. The molecule has 3 fully saturated rings. The molecule has 10 heteroatoms. The summed E-state index contributed by atoms with van der Waals surface area (Å²) in [5.41, 5.74) is 1.89. The molecule has 0 spiro atoms. The summed E-state index contributed by atoms with van der Waals surface area (Å²) in [6.45, 7) is 7.81. The van der Waals surface area contributed by atoms with Crippen molar-refractivity contribution in [3.05, 3.63) is 65.7 Å². The van der Waals surface area contributed by atoms with Crippen LogP contribution in [0.5, 0.6) is 0 Å². The molecule has 4 heterocycles. The number of para-hydroxylation sites is 2. The molecule has 244 valence electrons. The van der Waals surface area contributed by atoms with Crippen LogP contribution in [0.25, 0.3) is 11.0 Å². The first kappa shape index (κ1) is 32.1. The molecule has 0 unspecified atom stereocenters. The number of carbonyl (C=O) groups excluding carboxylic acids is 1. The average molecular weight is 638 g/mol. The minimum Gasteiger partial charge on any atom is -0.341 e. The number of benzene rings is 2. The van der Waals surface area contributed by atoms with E-state index in [0.717, 1.165) is 61.8 Å². The van der Waals surface area contributed by atoms with Crippen molar-refractivity contribution in [1.82, 2.24) is 24.1 Å². The van der Waals surface area contributed by atoms with E-state index in [4.69, 9.17) is 4.98 Å². The van der Waals surface area contributed by atoms with Crippen molar-refractivity contribution in [2.45, 2.75) is 108 Å². The number of hydrogen-bond acceptors (Lipinski definition) is 5. The number of aryl methyl sites for hydroxylation is 1. The molecule has 0 aliphatic carbocycles. The van der Waals surface area contributed by atoms with Crippen LogP contribution in [0.15, 0.2) is 48.5 Å². The number of fused-ring (bicyclic) bond motifs is 3. The number of imidazole rings is 1. The molecule has 2 bridgehead atoms. The van der Waals surface area contributed by atoms with E-state index in [-0.39, 0.29) is 17.1 Å². The fraction of sp³-hybridized carbons (Fsp3) is 0.600. The maximum absolute atomic E-state index is 14.6. The number of amides is 1. The number of rotatable bonds is 10. The summed E-state index contributed by atoms with van der Waals surface area (Å²) in [5.74, 6) is 0.693. The van der Waals surface area contributed by atoms with Gasteiger partial charge in [0.15, 0.2) is 0 Å². The lowest BCUT2D eigenvalue weighted by Crippen LogP contribution is -2.60. The number of hydrogen-bond donors (Lipinski definition) is 1. The summed E-state index contributed by atoms with van der Waals surface area (Å²) < 4.78 is 44.1. The number of sulfonamides is 1. The molecular formula is C35H48FN5O3S. The summed E-state index contributed by atoms with van der Waals surface area (Å²) in [4.78, 5) is 23.2. The monoisotopic (exact) mass is 637 g/mol. The summed E-state index contributed by atoms with van der Waals surface area (Å²) in [6, 6.07) is 16.9. The zero-order valence-corrected chi connectivity index (χ0v) is 28.0. The standard InChI is InChI=1S/C35H48FN5O3S/c1-5-35(6-2,38-45(4,43)44)33(42)39-19-16-34(17-20-39,26-10-9-11-27(36)22-26)18-21-40-28-14-15-29(40)24-30(23-28)41-25(3)37-31-12-7-8-13-32(31)41/h7-13,22,28-30,38H,5-6,14-21,23-24H2,1-4H3/t28-,29+,30+. The molecule has 1 amide bonds. The van der Waals surface area contributed by atoms with Crippen molar-refractivity contribution in [2.75, 3.05) is 25.9 Å². The van der Waals surface area contributed by atoms with Gasteiger partial charge in [-0.15, -0.1) is 0 Å². The highest BCUT2D eigenvalue weighted by Gasteiger charge is 2.46. The van der Waals surface area contributed by atoms with Crippen molar-refractivity contribution < 1.29 is 17.6 Å². The first-order valence-corrected chi connectivity index (χ1v) is 18.6. The van der Waals surface area contributed by atoms with Gasteiger partial charge in [0.1, 0.15) is 17.2 Å². The third-order valence-electron chi connectivity index (χ3n) is 11.3. The molecule has 0 radical (unpaired) electrons. The van der Waals surface area contributed by atoms with Gasteiger partial charge in [-0.2, -0.15) is 4.72 Å². The zero-order chi connectivity index (χ0) is 32.0. The van der Waals surface area contributed by atoms with Crippen LogP contribution in [-0.4, -0.2) is 77.2 Å². The van der Waals surface area contributed by atoms with Gasteiger partial charge < -0.3 is 9.47 Å². The molecule has 45 heavy (non-hydrogen) atoms. The molecule has 3 atom stereocenters. The largest absolute Gasteiger partial charge is 0.341 e. The van der Waals surface area contributed by atoms with Gasteiger partial charge in [-0.05, 0) is 106 Å². The quantitative estimate of drug-likeness (QED) is 0.308. The van der Waals surface area contributed by atoms with E-state index in [1.165, 1.54) is 24.4 Å². The van der Waals surface area contributed by atoms with Gasteiger partial charge in [-0.3, -0.25) is 9.69 Å². The van der Waals surface area contributed by atoms with Crippen molar-refractivity contribution in [3.63, 3.8) is 0 Å². The van der Waals surface area contributed by atoms with Gasteiger partial charge in [0.05, 0.1) is 17.3 Å². The Bertz CT molecular complexity index is 1630. The van der Waals surface area contributed by atoms with Crippen LogP contribution in [0, 0.1) is 12.7 Å². The molecule has 1 N–H and O–H groups in total. The van der Waals surface area contributed by atoms with Crippen molar-refractivity contribution in [2.24, 2.45) is 0 Å². The van der Waals surface area contributed by atoms with Gasteiger partial charge in [0.25, 0.3) is 0 Å². The Morgan fingerprint density at radius 1 is 1.02 bits per heavy atom. The van der Waals surface area contributed by atoms with E-state index in [1.807, 2.05) is 24.8 Å². The number of piperidine rings is 2. The van der Waals surface area contributed by atoms with E-state index < -0.39 is 15.6 Å². The smallest absolute Gasteiger partial charge is 0.243 e. The summed E-state index contributed by atoms with van der Waals surface area (Å²) in [5, 5.41) is 0. The summed E-state index contributed by atoms with van der Waals surface area (Å²) >= 11 is 0. The number of halogens is 1. The number of nitrogens with one attached hydrogen (secondary N) is 1. The molecule has 0 saturated carbocycles. The molecule has 2 aromatic carbocycles. The second-order valence-corrected chi connectivity index (χ2v) is 15.5. The Morgan fingerprint density at radius 3 is 2.31 bits per heavy atom. The highest BCUT2D eigenvalue weighted by atomic mass is 32.2. The topological polar surface area (TPSA) is 87.5 Å². The Labute approximate surface area is 267 Å². The Kier molecular flexibility index (Phi) is 8.86. The normalized spacial score (nSPS) is 23.9. The number of likely N-dealkylation sites (tertiary alicyclic amines) is 1. The lowest BCUT2D eigenvalue weighted by Gasteiger charge is -2.47. The fourth-order valence-electron chi connectivity index (χ4n) is 8.83. The predicted molar refractivity (Wildman–Crippen MR) is 176 cm³/mol. The highest BCUT2D eigenvalue weighted by Crippen LogP contribution is 2.45. The van der Waals surface area contributed by atoms with Gasteiger partial charge in [-0.1, -0.05) is 38.1 Å². The Balaban J connectivity index is 1.19. The van der Waals surface area contributed by atoms with Crippen LogP contribution in [0.4, 0.5) is 4.39 Å². The average Bonchev–Trinajstić information content (AvgIpc) is 3.48. The van der Waals surface area contributed by atoms with Crippen LogP contribution in [0.3, 0.4) is 0 Å². The fourth-order valence-corrected chi connectivity index (χ4v) is 9.91. The maximum Gasteiger partial charge on any atom is 0.243 e. The van der Waals surface area contributed by atoms with Crippen LogP contribution < -0.4 is 4.72 Å². The van der Waals surface area contributed by atoms with Gasteiger partial charge in [0.2, 0.25) is 15.9 Å². The zero-order valence-electron chi connectivity index (χ0n) is 27.1. The first-order valence-electron chi connectivity index (χ1n) is 16.7. The molecule has 3 aliphatic heterocycles. The summed E-state index contributed by atoms with van der Waals surface area (Å²) in [6.07, 6.45) is 8.83. The SMILES string of the molecule is CCC(CC)(NS(C)(=O)=O)C(=O)N1CCC(CCN2[C@@H]3CC[C@H]2C[C@@H](n2c(C)nc4ccccc42)C3)(c2cccc(F)c2)CC1. The van der Waals surface area contributed by atoms with E-state index in [2.05, 4.69) is 45.4 Å². The lowest BCUT2D eigenvalue weighted by atomic mass is 9.70. The van der Waals surface area contributed by atoms with Crippen LogP contribution in [-0.2, 0) is 20.2 Å². The Morgan fingerprint density at radius 2 is 1.69 bits per heavy atom. The van der Waals surface area contributed by atoms with E-state index in [1.54, 1.807) is 12.1 Å². The van der Waals surface area contributed by atoms with E-state index in [9.17, 15) is 17.6 Å². The molecule has 1 aromatic heterocycles. The number of aromatic nitrogens is 2. The van der Waals surface area contributed by atoms with Crippen molar-refractivity contribution in [1.29, 1.82) is 0 Å². The number of carbonyl (C=O) groups is 1. The third kappa shape index (κ3) is 6.17. The highest BCUT2D eigenvalue weighted by molar-refractivity contribution is 7.88. The van der Waals surface area contributed by atoms with Crippen molar-refractivity contribution in [3.8, 4) is 0 Å². The van der Waals surface area contributed by atoms with Gasteiger partial charge in [-0.25, -0.2) is 17.8 Å². The Hall–Kier alpha value is -2.82. The third-order valence-corrected chi connectivity index (χ3v) is 12.0. The number of nitrogens with zero attached hydrogens (tertiary/aromatic N) is 4. The predicted octanol–water partition coefficient (Wildman–Crippen LogP) is 5.71. The van der Waals surface area contributed by atoms with E-state index >= 15 is 0 Å². The second kappa shape index (κ2) is 12.4. The molecular weight excluding hydrogens is 589 g/mol. The van der Waals surface area contributed by atoms with Crippen molar-refractivity contribution >= 4 is 27.0 Å². The van der Waals surface area contributed by atoms with Gasteiger partial charge in [0, 0.05) is 31.2 Å². The van der Waals surface area contributed by atoms with Crippen LogP contribution in [0.1, 0.15) is 89.1 Å². The van der Waals surface area contributed by atoms with Gasteiger partial charge >= 0.3 is 0 Å². The minimum absolute atomic E-state index is 0.159. The molecule has 3 aliphatic rings. The molecule has 3 aromatic rings. The summed E-state index contributed by atoms with van der Waals surface area (Å²) in [7, 11) is -3.57. The van der Waals surface area contributed by atoms with E-state index in [0.29, 0.717) is 44.1 Å². The molecule has 3 saturated heterocycles. The molecule has 6 rings (SSSR count). The van der Waals surface area contributed by atoms with Crippen LogP contribution >= 0.6 is 0 Å². The lowest BCUT2D eigenvalue weighted by molar-refractivity contribution is -0.139. The minimum atomic E-state index is -3.57. The van der Waals surface area contributed by atoms with Crippen LogP contribution in [0.2, 0.25) is 0 Å². The first-order chi connectivity index (χ1) is 21.5. The maximum atomic E-state index is 14.6.